The summed E-state index contributed by atoms with van der Waals surface area (Å²) >= 11 is 1.09. The van der Waals surface area contributed by atoms with Gasteiger partial charge in [0, 0.05) is 11.9 Å². The molecule has 1 heterocycles. The monoisotopic (exact) mass is 340 g/mol. The number of hydrogen-bond acceptors (Lipinski definition) is 3. The van der Waals surface area contributed by atoms with Gasteiger partial charge in [0.15, 0.2) is 0 Å². The third-order valence-electron chi connectivity index (χ3n) is 3.09. The maximum absolute atomic E-state index is 12.4. The highest BCUT2D eigenvalue weighted by Crippen LogP contribution is 2.29. The van der Waals surface area contributed by atoms with E-state index in [0.717, 1.165) is 41.7 Å². The van der Waals surface area contributed by atoms with E-state index in [0.29, 0.717) is 5.03 Å². The van der Waals surface area contributed by atoms with Crippen molar-refractivity contribution in [1.29, 1.82) is 0 Å². The second-order valence-electron chi connectivity index (χ2n) is 4.73. The van der Waals surface area contributed by atoms with Crippen LogP contribution in [0, 0.1) is 0 Å². The summed E-state index contributed by atoms with van der Waals surface area (Å²) in [4.78, 5) is 15.7. The largest absolute Gasteiger partial charge is 0.417 e. The number of para-hydroxylation sites is 1. The number of carbonyl (C=O) groups is 1. The fraction of sp³-hybridized carbons (Fsp3) is 0.250. The molecule has 0 atom stereocenters. The number of hydrogen-bond donors (Lipinski definition) is 1. The van der Waals surface area contributed by atoms with E-state index in [-0.39, 0.29) is 11.7 Å². The standard InChI is InChI=1S/C16H15F3N2OS/c1-2-11-5-3-4-6-13(11)21-14(22)10-23-15-8-7-12(9-20-15)16(17,18)19/h3-9H,2,10H2,1H3,(H,21,22). The predicted molar refractivity (Wildman–Crippen MR) is 84.4 cm³/mol. The van der Waals surface area contributed by atoms with Crippen LogP contribution in [0.2, 0.25) is 0 Å². The van der Waals surface area contributed by atoms with Crippen LogP contribution >= 0.6 is 11.8 Å². The molecule has 1 amide bonds. The number of amides is 1. The van der Waals surface area contributed by atoms with E-state index >= 15 is 0 Å². The van der Waals surface area contributed by atoms with Crippen molar-refractivity contribution in [3.05, 3.63) is 53.7 Å². The van der Waals surface area contributed by atoms with Crippen molar-refractivity contribution in [2.75, 3.05) is 11.1 Å². The van der Waals surface area contributed by atoms with Crippen LogP contribution in [0.4, 0.5) is 18.9 Å². The molecule has 2 aromatic rings. The van der Waals surface area contributed by atoms with Crippen LogP contribution in [0.25, 0.3) is 0 Å². The summed E-state index contributed by atoms with van der Waals surface area (Å²) in [7, 11) is 0. The molecule has 0 saturated heterocycles. The van der Waals surface area contributed by atoms with Gasteiger partial charge in [0.05, 0.1) is 16.3 Å². The van der Waals surface area contributed by atoms with E-state index < -0.39 is 11.7 Å². The Morgan fingerprint density at radius 3 is 2.57 bits per heavy atom. The lowest BCUT2D eigenvalue weighted by atomic mass is 10.1. The van der Waals surface area contributed by atoms with Crippen molar-refractivity contribution in [1.82, 2.24) is 4.98 Å². The first kappa shape index (κ1) is 17.3. The van der Waals surface area contributed by atoms with Gasteiger partial charge in [-0.3, -0.25) is 4.79 Å². The Morgan fingerprint density at radius 1 is 1.22 bits per heavy atom. The molecule has 0 unspecified atom stereocenters. The number of carbonyl (C=O) groups excluding carboxylic acids is 1. The van der Waals surface area contributed by atoms with E-state index in [1.165, 1.54) is 6.07 Å². The molecule has 1 aromatic heterocycles. The van der Waals surface area contributed by atoms with Crippen LogP contribution in [-0.2, 0) is 17.4 Å². The topological polar surface area (TPSA) is 42.0 Å². The first-order valence-corrected chi connectivity index (χ1v) is 7.92. The number of anilines is 1. The molecule has 122 valence electrons. The van der Waals surface area contributed by atoms with E-state index in [4.69, 9.17) is 0 Å². The fourth-order valence-corrected chi connectivity index (χ4v) is 2.55. The van der Waals surface area contributed by atoms with Gasteiger partial charge < -0.3 is 5.32 Å². The van der Waals surface area contributed by atoms with E-state index in [1.807, 2.05) is 31.2 Å². The number of nitrogens with one attached hydrogen (secondary N) is 1. The molecule has 0 spiro atoms. The first-order valence-electron chi connectivity index (χ1n) is 6.94. The van der Waals surface area contributed by atoms with Gasteiger partial charge in [0.25, 0.3) is 0 Å². The Bertz CT molecular complexity index is 672. The van der Waals surface area contributed by atoms with Gasteiger partial charge in [0.1, 0.15) is 0 Å². The Morgan fingerprint density at radius 2 is 1.96 bits per heavy atom. The zero-order valence-corrected chi connectivity index (χ0v) is 13.2. The second-order valence-corrected chi connectivity index (χ2v) is 5.73. The lowest BCUT2D eigenvalue weighted by Crippen LogP contribution is -2.15. The summed E-state index contributed by atoms with van der Waals surface area (Å²) in [6, 6.07) is 9.70. The SMILES string of the molecule is CCc1ccccc1NC(=O)CSc1ccc(C(F)(F)F)cn1. The molecule has 0 aliphatic heterocycles. The Hall–Kier alpha value is -2.02. The summed E-state index contributed by atoms with van der Waals surface area (Å²) < 4.78 is 37.3. The van der Waals surface area contributed by atoms with Gasteiger partial charge in [0.2, 0.25) is 5.91 Å². The molecule has 0 fully saturated rings. The van der Waals surface area contributed by atoms with Gasteiger partial charge in [-0.25, -0.2) is 4.98 Å². The number of thioether (sulfide) groups is 1. The maximum atomic E-state index is 12.4. The number of aryl methyl sites for hydroxylation is 1. The molecule has 7 heteroatoms. The van der Waals surface area contributed by atoms with Gasteiger partial charge in [-0.05, 0) is 30.2 Å². The third kappa shape index (κ3) is 4.99. The normalized spacial score (nSPS) is 11.3. The molecule has 3 nitrogen and oxygen atoms in total. The van der Waals surface area contributed by atoms with Gasteiger partial charge in [-0.15, -0.1) is 0 Å². The minimum atomic E-state index is -4.41. The summed E-state index contributed by atoms with van der Waals surface area (Å²) in [5.74, 6) is -0.145. The zero-order chi connectivity index (χ0) is 16.9. The molecule has 1 N–H and O–H groups in total. The average Bonchev–Trinajstić information content (AvgIpc) is 2.53. The highest BCUT2D eigenvalue weighted by Gasteiger charge is 2.30. The molecule has 0 saturated carbocycles. The Labute approximate surface area is 136 Å². The average molecular weight is 340 g/mol. The Kier molecular flexibility index (Phi) is 5.65. The van der Waals surface area contributed by atoms with Crippen molar-refractivity contribution in [2.24, 2.45) is 0 Å². The number of halogens is 3. The van der Waals surface area contributed by atoms with Crippen LogP contribution in [0.3, 0.4) is 0 Å². The van der Waals surface area contributed by atoms with Gasteiger partial charge >= 0.3 is 6.18 Å². The molecular formula is C16H15F3N2OS. The quantitative estimate of drug-likeness (QED) is 0.821. The van der Waals surface area contributed by atoms with Crippen molar-refractivity contribution >= 4 is 23.4 Å². The molecule has 0 radical (unpaired) electrons. The van der Waals surface area contributed by atoms with E-state index in [1.54, 1.807) is 0 Å². The third-order valence-corrected chi connectivity index (χ3v) is 4.03. The van der Waals surface area contributed by atoms with Crippen molar-refractivity contribution in [2.45, 2.75) is 24.5 Å². The highest BCUT2D eigenvalue weighted by molar-refractivity contribution is 7.99. The molecule has 0 bridgehead atoms. The molecule has 23 heavy (non-hydrogen) atoms. The summed E-state index contributed by atoms with van der Waals surface area (Å²) in [6.07, 6.45) is -2.84. The molecule has 2 rings (SSSR count). The van der Waals surface area contributed by atoms with E-state index in [9.17, 15) is 18.0 Å². The predicted octanol–water partition coefficient (Wildman–Crippen LogP) is 4.39. The van der Waals surface area contributed by atoms with Crippen LogP contribution in [-0.4, -0.2) is 16.6 Å². The number of aromatic nitrogens is 1. The lowest BCUT2D eigenvalue weighted by Gasteiger charge is -2.09. The minimum Gasteiger partial charge on any atom is -0.325 e. The molecular weight excluding hydrogens is 325 g/mol. The van der Waals surface area contributed by atoms with Gasteiger partial charge in [-0.2, -0.15) is 13.2 Å². The zero-order valence-electron chi connectivity index (χ0n) is 12.4. The number of pyridine rings is 1. The molecule has 0 aliphatic carbocycles. The summed E-state index contributed by atoms with van der Waals surface area (Å²) in [5.41, 5.74) is 0.975. The summed E-state index contributed by atoms with van der Waals surface area (Å²) in [6.45, 7) is 1.99. The fourth-order valence-electron chi connectivity index (χ4n) is 1.91. The van der Waals surface area contributed by atoms with Crippen LogP contribution in [0.5, 0.6) is 0 Å². The molecule has 1 aromatic carbocycles. The maximum Gasteiger partial charge on any atom is 0.417 e. The number of nitrogens with zero attached hydrogens (tertiary/aromatic N) is 1. The molecule has 0 aliphatic rings. The number of benzene rings is 1. The van der Waals surface area contributed by atoms with Crippen LogP contribution in [0.1, 0.15) is 18.1 Å². The number of alkyl halides is 3. The van der Waals surface area contributed by atoms with Gasteiger partial charge in [-0.1, -0.05) is 36.9 Å². The van der Waals surface area contributed by atoms with E-state index in [2.05, 4.69) is 10.3 Å². The number of rotatable bonds is 5. The minimum absolute atomic E-state index is 0.0798. The highest BCUT2D eigenvalue weighted by atomic mass is 32.2. The Balaban J connectivity index is 1.92. The van der Waals surface area contributed by atoms with Crippen LogP contribution in [0.15, 0.2) is 47.6 Å². The lowest BCUT2D eigenvalue weighted by molar-refractivity contribution is -0.137. The van der Waals surface area contributed by atoms with Crippen LogP contribution < -0.4 is 5.32 Å². The van der Waals surface area contributed by atoms with Crippen molar-refractivity contribution in [3.63, 3.8) is 0 Å². The first-order chi connectivity index (χ1) is 10.9. The van der Waals surface area contributed by atoms with Crippen molar-refractivity contribution in [3.8, 4) is 0 Å². The van der Waals surface area contributed by atoms with Crippen molar-refractivity contribution < 1.29 is 18.0 Å². The smallest absolute Gasteiger partial charge is 0.325 e. The summed E-state index contributed by atoms with van der Waals surface area (Å²) in [5, 5.41) is 3.17. The second kappa shape index (κ2) is 7.50.